The van der Waals surface area contributed by atoms with Crippen LogP contribution in [0.25, 0.3) is 0 Å². The van der Waals surface area contributed by atoms with Crippen molar-refractivity contribution < 1.29 is 23.8 Å². The molecule has 1 heterocycles. The van der Waals surface area contributed by atoms with Crippen molar-refractivity contribution in [3.63, 3.8) is 0 Å². The summed E-state index contributed by atoms with van der Waals surface area (Å²) >= 11 is 0. The van der Waals surface area contributed by atoms with Crippen LogP contribution in [0.3, 0.4) is 0 Å². The van der Waals surface area contributed by atoms with E-state index in [2.05, 4.69) is 0 Å². The van der Waals surface area contributed by atoms with Gasteiger partial charge in [0.15, 0.2) is 0 Å². The summed E-state index contributed by atoms with van der Waals surface area (Å²) in [5.41, 5.74) is -0.424. The monoisotopic (exact) mass is 294 g/mol. The number of ether oxygens (including phenoxy) is 3. The summed E-state index contributed by atoms with van der Waals surface area (Å²) in [4.78, 5) is 23.6. The van der Waals surface area contributed by atoms with Crippen LogP contribution in [0.15, 0.2) is 0 Å². The molecule has 0 radical (unpaired) electrons. The predicted octanol–water partition coefficient (Wildman–Crippen LogP) is 2.52. The SMILES string of the molecule is CCC(C)(C)C(=O)OC1CC2CC1C1C3OC(=O)OC3C21. The van der Waals surface area contributed by atoms with Gasteiger partial charge in [-0.15, -0.1) is 0 Å². The molecule has 7 unspecified atom stereocenters. The molecule has 4 rings (SSSR count). The lowest BCUT2D eigenvalue weighted by atomic mass is 9.61. The van der Waals surface area contributed by atoms with Crippen molar-refractivity contribution in [1.82, 2.24) is 0 Å². The molecule has 0 aromatic carbocycles. The number of hydrogen-bond acceptors (Lipinski definition) is 5. The number of esters is 1. The lowest BCUT2D eigenvalue weighted by molar-refractivity contribution is -0.174. The number of carbonyl (C=O) groups excluding carboxylic acids is 2. The maximum Gasteiger partial charge on any atom is 0.509 e. The second kappa shape index (κ2) is 4.14. The van der Waals surface area contributed by atoms with Gasteiger partial charge in [-0.25, -0.2) is 4.79 Å². The highest BCUT2D eigenvalue weighted by Gasteiger charge is 2.71. The molecule has 3 aliphatic carbocycles. The fourth-order valence-electron chi connectivity index (χ4n) is 4.75. The van der Waals surface area contributed by atoms with Crippen molar-refractivity contribution in [1.29, 1.82) is 0 Å². The smallest absolute Gasteiger partial charge is 0.462 e. The average molecular weight is 294 g/mol. The van der Waals surface area contributed by atoms with E-state index in [9.17, 15) is 9.59 Å². The standard InChI is InChI=1S/C16H22O5/c1-4-16(2,3)14(17)19-9-6-7-5-8(9)11-10(7)12-13(11)21-15(18)20-12/h7-13H,4-6H2,1-3H3. The highest BCUT2D eigenvalue weighted by Crippen LogP contribution is 2.64. The van der Waals surface area contributed by atoms with Gasteiger partial charge in [-0.1, -0.05) is 6.92 Å². The van der Waals surface area contributed by atoms with Crippen molar-refractivity contribution in [2.24, 2.45) is 29.1 Å². The maximum atomic E-state index is 12.3. The average Bonchev–Trinajstić information content (AvgIpc) is 3.05. The molecule has 116 valence electrons. The molecule has 5 nitrogen and oxygen atoms in total. The Morgan fingerprint density at radius 3 is 2.57 bits per heavy atom. The normalized spacial score (nSPS) is 46.2. The first-order chi connectivity index (χ1) is 9.92. The van der Waals surface area contributed by atoms with Crippen LogP contribution < -0.4 is 0 Å². The molecule has 0 amide bonds. The van der Waals surface area contributed by atoms with E-state index in [0.29, 0.717) is 23.7 Å². The molecule has 0 aromatic heterocycles. The molecule has 4 aliphatic rings. The molecule has 1 aliphatic heterocycles. The largest absolute Gasteiger partial charge is 0.509 e. The van der Waals surface area contributed by atoms with Gasteiger partial charge in [-0.2, -0.15) is 0 Å². The molecule has 2 bridgehead atoms. The van der Waals surface area contributed by atoms with Gasteiger partial charge in [0.2, 0.25) is 0 Å². The van der Waals surface area contributed by atoms with E-state index in [1.54, 1.807) is 0 Å². The molecular formula is C16H22O5. The van der Waals surface area contributed by atoms with Gasteiger partial charge < -0.3 is 14.2 Å². The fourth-order valence-corrected chi connectivity index (χ4v) is 4.75. The van der Waals surface area contributed by atoms with E-state index in [4.69, 9.17) is 14.2 Å². The van der Waals surface area contributed by atoms with Gasteiger partial charge in [-0.05, 0) is 39.0 Å². The molecule has 0 aromatic rings. The van der Waals surface area contributed by atoms with E-state index in [-0.39, 0.29) is 24.3 Å². The predicted molar refractivity (Wildman–Crippen MR) is 72.3 cm³/mol. The molecule has 0 spiro atoms. The Bertz CT molecular complexity index is 499. The lowest BCUT2D eigenvalue weighted by Crippen LogP contribution is -2.58. The van der Waals surface area contributed by atoms with Gasteiger partial charge >= 0.3 is 12.1 Å². The molecule has 1 saturated heterocycles. The summed E-state index contributed by atoms with van der Waals surface area (Å²) in [5, 5.41) is 0. The van der Waals surface area contributed by atoms with Crippen LogP contribution in [-0.2, 0) is 19.0 Å². The van der Waals surface area contributed by atoms with E-state index >= 15 is 0 Å². The Hall–Kier alpha value is -1.26. The van der Waals surface area contributed by atoms with Crippen molar-refractivity contribution in [2.45, 2.75) is 58.3 Å². The molecule has 3 saturated carbocycles. The van der Waals surface area contributed by atoms with Gasteiger partial charge in [0.25, 0.3) is 0 Å². The Morgan fingerprint density at radius 2 is 1.90 bits per heavy atom. The van der Waals surface area contributed by atoms with Gasteiger partial charge in [0.1, 0.15) is 18.3 Å². The third kappa shape index (κ3) is 1.69. The van der Waals surface area contributed by atoms with Crippen molar-refractivity contribution in [2.75, 3.05) is 0 Å². The van der Waals surface area contributed by atoms with Gasteiger partial charge in [0, 0.05) is 17.8 Å². The topological polar surface area (TPSA) is 61.8 Å². The van der Waals surface area contributed by atoms with Crippen molar-refractivity contribution >= 4 is 12.1 Å². The van der Waals surface area contributed by atoms with Crippen LogP contribution in [0.1, 0.15) is 40.0 Å². The quantitative estimate of drug-likeness (QED) is 0.748. The molecular weight excluding hydrogens is 272 g/mol. The summed E-state index contributed by atoms with van der Waals surface area (Å²) in [6, 6.07) is 0. The van der Waals surface area contributed by atoms with Crippen LogP contribution in [-0.4, -0.2) is 30.4 Å². The summed E-state index contributed by atoms with van der Waals surface area (Å²) in [5.74, 6) is 1.52. The minimum absolute atomic E-state index is 0.00479. The number of fused-ring (bicyclic) bond motifs is 8. The fraction of sp³-hybridized carbons (Fsp3) is 0.875. The first-order valence-electron chi connectivity index (χ1n) is 8.00. The molecule has 0 N–H and O–H groups in total. The highest BCUT2D eigenvalue weighted by atomic mass is 16.8. The second-order valence-corrected chi connectivity index (χ2v) is 7.65. The Morgan fingerprint density at radius 1 is 1.24 bits per heavy atom. The molecule has 7 atom stereocenters. The van der Waals surface area contributed by atoms with Gasteiger partial charge in [-0.3, -0.25) is 4.79 Å². The zero-order valence-electron chi connectivity index (χ0n) is 12.7. The maximum absolute atomic E-state index is 12.3. The minimum atomic E-state index is -0.528. The first kappa shape index (κ1) is 13.4. The van der Waals surface area contributed by atoms with Crippen LogP contribution in [0.5, 0.6) is 0 Å². The van der Waals surface area contributed by atoms with Crippen LogP contribution in [0, 0.1) is 29.1 Å². The first-order valence-corrected chi connectivity index (χ1v) is 8.00. The van der Waals surface area contributed by atoms with Crippen LogP contribution >= 0.6 is 0 Å². The summed E-state index contributed by atoms with van der Waals surface area (Å²) in [6.45, 7) is 5.86. The van der Waals surface area contributed by atoms with Crippen LogP contribution in [0.2, 0.25) is 0 Å². The Kier molecular flexibility index (Phi) is 2.64. The zero-order chi connectivity index (χ0) is 14.9. The van der Waals surface area contributed by atoms with Crippen LogP contribution in [0.4, 0.5) is 4.79 Å². The van der Waals surface area contributed by atoms with Crippen molar-refractivity contribution in [3.8, 4) is 0 Å². The molecule has 5 heteroatoms. The summed E-state index contributed by atoms with van der Waals surface area (Å²) < 4.78 is 16.3. The lowest BCUT2D eigenvalue weighted by Gasteiger charge is -2.48. The van der Waals surface area contributed by atoms with Crippen molar-refractivity contribution in [3.05, 3.63) is 0 Å². The summed E-state index contributed by atoms with van der Waals surface area (Å²) in [7, 11) is 0. The number of rotatable bonds is 3. The van der Waals surface area contributed by atoms with E-state index < -0.39 is 11.6 Å². The molecule has 4 fully saturated rings. The van der Waals surface area contributed by atoms with E-state index in [1.807, 2.05) is 20.8 Å². The third-order valence-electron chi connectivity index (χ3n) is 6.31. The Labute approximate surface area is 124 Å². The summed E-state index contributed by atoms with van der Waals surface area (Å²) in [6.07, 6.45) is 2.09. The second-order valence-electron chi connectivity index (χ2n) is 7.65. The van der Waals surface area contributed by atoms with E-state index in [0.717, 1.165) is 19.3 Å². The zero-order valence-corrected chi connectivity index (χ0v) is 12.7. The van der Waals surface area contributed by atoms with Gasteiger partial charge in [0.05, 0.1) is 5.41 Å². The molecule has 21 heavy (non-hydrogen) atoms. The Balaban J connectivity index is 1.46. The highest BCUT2D eigenvalue weighted by molar-refractivity contribution is 5.76. The number of hydrogen-bond donors (Lipinski definition) is 0. The third-order valence-corrected chi connectivity index (χ3v) is 6.31. The minimum Gasteiger partial charge on any atom is -0.462 e. The number of carbonyl (C=O) groups is 2. The van der Waals surface area contributed by atoms with E-state index in [1.165, 1.54) is 0 Å².